The van der Waals surface area contributed by atoms with E-state index in [-0.39, 0.29) is 0 Å². The molecule has 0 aromatic rings. The quantitative estimate of drug-likeness (QED) is 0.314. The van der Waals surface area contributed by atoms with E-state index in [2.05, 4.69) is 14.2 Å². The third-order valence-electron chi connectivity index (χ3n) is 1.44. The Hall–Kier alpha value is -2.43. The maximum atomic E-state index is 11.0. The van der Waals surface area contributed by atoms with Gasteiger partial charge in [0.05, 0.1) is 6.21 Å². The average molecular weight is 260 g/mol. The highest BCUT2D eigenvalue weighted by Crippen LogP contribution is 2.11. The van der Waals surface area contributed by atoms with Crippen LogP contribution in [-0.2, 0) is 29.4 Å². The molecule has 0 atom stereocenters. The summed E-state index contributed by atoms with van der Waals surface area (Å²) in [7, 11) is -4.06. The second kappa shape index (κ2) is 4.21. The highest BCUT2D eigenvalue weighted by atomic mass is 32.2. The Morgan fingerprint density at radius 1 is 1.29 bits per heavy atom. The summed E-state index contributed by atoms with van der Waals surface area (Å²) in [4.78, 5) is 29.3. The molecule has 0 bridgehead atoms. The number of hydrogen-bond acceptors (Lipinski definition) is 9. The Bertz CT molecular complexity index is 573. The Morgan fingerprint density at radius 2 is 1.88 bits per heavy atom. The Balaban J connectivity index is 2.60. The maximum Gasteiger partial charge on any atom is 0.408 e. The van der Waals surface area contributed by atoms with Gasteiger partial charge >= 0.3 is 22.0 Å². The van der Waals surface area contributed by atoms with Crippen molar-refractivity contribution in [3.05, 3.63) is 0 Å². The van der Waals surface area contributed by atoms with Crippen molar-refractivity contribution in [2.24, 2.45) is 4.40 Å². The van der Waals surface area contributed by atoms with Crippen molar-refractivity contribution in [2.45, 2.75) is 0 Å². The van der Waals surface area contributed by atoms with Crippen LogP contribution in [-0.4, -0.2) is 43.0 Å². The van der Waals surface area contributed by atoms with Crippen molar-refractivity contribution in [3.63, 3.8) is 0 Å². The number of rotatable bonds is 3. The van der Waals surface area contributed by atoms with Crippen LogP contribution in [0.5, 0.6) is 0 Å². The van der Waals surface area contributed by atoms with Crippen LogP contribution in [0.25, 0.3) is 0 Å². The van der Waals surface area contributed by atoms with Gasteiger partial charge in [-0.2, -0.15) is 8.42 Å². The second-order valence-corrected chi connectivity index (χ2v) is 4.08. The number of nitrogens with zero attached hydrogens (tertiary/aromatic N) is 1. The van der Waals surface area contributed by atoms with Gasteiger partial charge in [0.2, 0.25) is 10.8 Å². The highest BCUT2D eigenvalue weighted by Gasteiger charge is 2.40. The number of carbonyl (C=O) groups excluding carboxylic acids is 2. The zero-order valence-corrected chi connectivity index (χ0v) is 8.70. The van der Waals surface area contributed by atoms with Gasteiger partial charge < -0.3 is 5.41 Å². The molecular formula is C6H4N4O6S. The SMILES string of the molecule is N=CC(=N)C(=O)OOC(=O)C1=NS(=O)(=O)C1=N. The van der Waals surface area contributed by atoms with Gasteiger partial charge in [-0.25, -0.2) is 19.4 Å². The molecule has 1 aliphatic rings. The summed E-state index contributed by atoms with van der Waals surface area (Å²) in [5.74, 6) is -2.86. The van der Waals surface area contributed by atoms with Gasteiger partial charge in [0, 0.05) is 0 Å². The Labute approximate surface area is 93.7 Å². The summed E-state index contributed by atoms with van der Waals surface area (Å²) < 4.78 is 24.0. The predicted octanol–water partition coefficient (Wildman–Crippen LogP) is -1.58. The van der Waals surface area contributed by atoms with Gasteiger partial charge in [-0.1, -0.05) is 0 Å². The summed E-state index contributed by atoms with van der Waals surface area (Å²) in [5, 5.41) is 19.1. The molecule has 1 rings (SSSR count). The molecule has 0 radical (unpaired) electrons. The fourth-order valence-electron chi connectivity index (χ4n) is 0.639. The van der Waals surface area contributed by atoms with E-state index >= 15 is 0 Å². The van der Waals surface area contributed by atoms with Gasteiger partial charge in [0.1, 0.15) is 0 Å². The molecule has 90 valence electrons. The van der Waals surface area contributed by atoms with Crippen LogP contribution in [0.1, 0.15) is 0 Å². The number of sulfonamides is 1. The van der Waals surface area contributed by atoms with E-state index in [1.54, 1.807) is 0 Å². The van der Waals surface area contributed by atoms with Gasteiger partial charge in [0.25, 0.3) is 0 Å². The maximum absolute atomic E-state index is 11.0. The van der Waals surface area contributed by atoms with Crippen molar-refractivity contribution in [1.29, 1.82) is 16.2 Å². The van der Waals surface area contributed by atoms with Gasteiger partial charge in [-0.15, -0.1) is 4.40 Å². The molecule has 1 aliphatic heterocycles. The molecule has 0 saturated carbocycles. The van der Waals surface area contributed by atoms with E-state index in [9.17, 15) is 18.0 Å². The molecule has 3 N–H and O–H groups in total. The number of hydrogen-bond donors (Lipinski definition) is 3. The van der Waals surface area contributed by atoms with E-state index in [0.29, 0.717) is 6.21 Å². The molecule has 0 fully saturated rings. The van der Waals surface area contributed by atoms with Crippen LogP contribution in [0.15, 0.2) is 4.40 Å². The van der Waals surface area contributed by atoms with Crippen LogP contribution >= 0.6 is 0 Å². The molecular weight excluding hydrogens is 256 g/mol. The first-order chi connectivity index (χ1) is 7.79. The number of nitrogens with one attached hydrogen (secondary N) is 3. The molecule has 0 aliphatic carbocycles. The summed E-state index contributed by atoms with van der Waals surface area (Å²) >= 11 is 0. The summed E-state index contributed by atoms with van der Waals surface area (Å²) in [5.41, 5.74) is -1.68. The van der Waals surface area contributed by atoms with Crippen LogP contribution < -0.4 is 0 Å². The van der Waals surface area contributed by atoms with Crippen LogP contribution in [0.4, 0.5) is 0 Å². The third-order valence-corrected chi connectivity index (χ3v) is 2.57. The molecule has 0 amide bonds. The molecule has 0 aromatic heterocycles. The summed E-state index contributed by atoms with van der Waals surface area (Å²) in [6.07, 6.45) is 0.351. The minimum atomic E-state index is -4.06. The minimum Gasteiger partial charge on any atom is -0.306 e. The van der Waals surface area contributed by atoms with Gasteiger partial charge in [-0.3, -0.25) is 10.8 Å². The fourth-order valence-corrected chi connectivity index (χ4v) is 1.38. The molecule has 0 saturated heterocycles. The highest BCUT2D eigenvalue weighted by molar-refractivity contribution is 8.10. The van der Waals surface area contributed by atoms with E-state index in [1.165, 1.54) is 0 Å². The van der Waals surface area contributed by atoms with E-state index in [0.717, 1.165) is 0 Å². The normalized spacial score (nSPS) is 16.2. The summed E-state index contributed by atoms with van der Waals surface area (Å²) in [6.45, 7) is 0. The zero-order valence-electron chi connectivity index (χ0n) is 7.88. The smallest absolute Gasteiger partial charge is 0.306 e. The topological polar surface area (TPSA) is 171 Å². The minimum absolute atomic E-state index is 0.351. The summed E-state index contributed by atoms with van der Waals surface area (Å²) in [6, 6.07) is 0. The van der Waals surface area contributed by atoms with Crippen molar-refractivity contribution in [2.75, 3.05) is 0 Å². The van der Waals surface area contributed by atoms with Crippen molar-refractivity contribution in [3.8, 4) is 0 Å². The van der Waals surface area contributed by atoms with E-state index in [1.807, 2.05) is 0 Å². The molecule has 0 unspecified atom stereocenters. The van der Waals surface area contributed by atoms with E-state index in [4.69, 9.17) is 16.2 Å². The molecule has 11 heteroatoms. The first-order valence-corrected chi connectivity index (χ1v) is 5.19. The lowest BCUT2D eigenvalue weighted by Gasteiger charge is -2.11. The molecule has 1 heterocycles. The second-order valence-electron chi connectivity index (χ2n) is 2.54. The largest absolute Gasteiger partial charge is 0.408 e. The zero-order chi connectivity index (χ0) is 13.2. The van der Waals surface area contributed by atoms with Crippen molar-refractivity contribution < 1.29 is 27.8 Å². The lowest BCUT2D eigenvalue weighted by Crippen LogP contribution is -2.40. The lowest BCUT2D eigenvalue weighted by molar-refractivity contribution is -0.246. The monoisotopic (exact) mass is 260 g/mol. The molecule has 0 aromatic carbocycles. The van der Waals surface area contributed by atoms with Crippen LogP contribution in [0.3, 0.4) is 0 Å². The van der Waals surface area contributed by atoms with Gasteiger partial charge in [-0.05, 0) is 0 Å². The molecule has 0 spiro atoms. The Kier molecular flexibility index (Phi) is 3.13. The Morgan fingerprint density at radius 3 is 2.29 bits per heavy atom. The average Bonchev–Trinajstić information content (AvgIpc) is 2.31. The van der Waals surface area contributed by atoms with Crippen LogP contribution in [0, 0.1) is 16.2 Å². The standard InChI is InChI=1S/C6H4N4O6S/c7-1-2(8)5(11)15-16-6(12)3-4(9)17(13,14)10-3/h1,7-9H. The first kappa shape index (κ1) is 12.6. The van der Waals surface area contributed by atoms with Gasteiger partial charge in [0.15, 0.2) is 5.71 Å². The molecule has 17 heavy (non-hydrogen) atoms. The van der Waals surface area contributed by atoms with Crippen molar-refractivity contribution in [1.82, 2.24) is 0 Å². The fraction of sp³-hybridized carbons (Fsp3) is 0. The number of carbonyl (C=O) groups is 2. The predicted molar refractivity (Wildman–Crippen MR) is 52.8 cm³/mol. The third kappa shape index (κ3) is 2.39. The van der Waals surface area contributed by atoms with Crippen LogP contribution in [0.2, 0.25) is 0 Å². The molecule has 10 nitrogen and oxygen atoms in total. The van der Waals surface area contributed by atoms with E-state index < -0.39 is 38.4 Å². The lowest BCUT2D eigenvalue weighted by atomic mass is 10.4. The first-order valence-electron chi connectivity index (χ1n) is 3.75. The van der Waals surface area contributed by atoms with Crippen molar-refractivity contribution >= 4 is 44.6 Å².